The summed E-state index contributed by atoms with van der Waals surface area (Å²) in [4.78, 5) is 0. The van der Waals surface area contributed by atoms with Crippen molar-refractivity contribution in [1.29, 1.82) is 0 Å². The highest BCUT2D eigenvalue weighted by atomic mass is 127. The van der Waals surface area contributed by atoms with Gasteiger partial charge in [0.25, 0.3) is 0 Å². The van der Waals surface area contributed by atoms with Gasteiger partial charge in [-0.25, -0.2) is 0 Å². The third-order valence-electron chi connectivity index (χ3n) is 1.34. The van der Waals surface area contributed by atoms with Crippen molar-refractivity contribution in [1.82, 2.24) is 0 Å². The van der Waals surface area contributed by atoms with Crippen molar-refractivity contribution in [2.45, 2.75) is 19.8 Å². The molecule has 0 fully saturated rings. The molecule has 0 radical (unpaired) electrons. The Morgan fingerprint density at radius 3 is 2.75 bits per heavy atom. The van der Waals surface area contributed by atoms with E-state index < -0.39 is 0 Å². The molecule has 0 aromatic carbocycles. The van der Waals surface area contributed by atoms with Crippen molar-refractivity contribution in [3.05, 3.63) is 33.3 Å². The molecule has 12 heavy (non-hydrogen) atoms. The first-order valence-electron chi connectivity index (χ1n) is 4.00. The Bertz CT molecular complexity index is 180. The van der Waals surface area contributed by atoms with Crippen LogP contribution < -0.4 is 0 Å². The van der Waals surface area contributed by atoms with Gasteiger partial charge in [-0.15, -0.1) is 11.8 Å². The minimum absolute atomic E-state index is 1.16. The van der Waals surface area contributed by atoms with Crippen LogP contribution in [-0.2, 0) is 0 Å². The predicted molar refractivity (Wildman–Crippen MR) is 68.8 cm³/mol. The molecule has 0 aliphatic carbocycles. The summed E-state index contributed by atoms with van der Waals surface area (Å²) < 4.78 is 2.03. The highest BCUT2D eigenvalue weighted by Gasteiger charge is 1.87. The maximum absolute atomic E-state index is 2.23. The molecule has 0 amide bonds. The molecule has 0 unspecified atom stereocenters. The van der Waals surface area contributed by atoms with E-state index in [9.17, 15) is 0 Å². The van der Waals surface area contributed by atoms with E-state index in [2.05, 4.69) is 59.4 Å². The molecular weight excluding hydrogens is 279 g/mol. The summed E-state index contributed by atoms with van der Waals surface area (Å²) in [5.74, 6) is 0. The first-order valence-corrected chi connectivity index (χ1v) is 6.53. The summed E-state index contributed by atoms with van der Waals surface area (Å²) in [6, 6.07) is 0. The lowest BCUT2D eigenvalue weighted by molar-refractivity contribution is 0.927. The maximum Gasteiger partial charge on any atom is -0.0142 e. The minimum atomic E-state index is 1.16. The molecule has 0 aliphatic heterocycles. The van der Waals surface area contributed by atoms with Gasteiger partial charge >= 0.3 is 0 Å². The lowest BCUT2D eigenvalue weighted by atomic mass is 10.1. The average Bonchev–Trinajstić information content (AvgIpc) is 2.10. The van der Waals surface area contributed by atoms with Crippen LogP contribution in [0.2, 0.25) is 0 Å². The molecule has 0 atom stereocenters. The van der Waals surface area contributed by atoms with Crippen LogP contribution in [0.3, 0.4) is 0 Å². The van der Waals surface area contributed by atoms with Gasteiger partial charge in [-0.2, -0.15) is 0 Å². The van der Waals surface area contributed by atoms with Gasteiger partial charge in [-0.05, 0) is 27.7 Å². The van der Waals surface area contributed by atoms with Crippen LogP contribution >= 0.6 is 34.4 Å². The molecule has 0 spiro atoms. The van der Waals surface area contributed by atoms with Gasteiger partial charge in [0.15, 0.2) is 0 Å². The van der Waals surface area contributed by atoms with E-state index in [1.165, 1.54) is 12.0 Å². The molecule has 0 aromatic heterocycles. The van der Waals surface area contributed by atoms with Gasteiger partial charge in [0.05, 0.1) is 0 Å². The summed E-state index contributed by atoms with van der Waals surface area (Å²) in [5.41, 5.74) is 1.40. The topological polar surface area (TPSA) is 0 Å². The quantitative estimate of drug-likeness (QED) is 0.530. The summed E-state index contributed by atoms with van der Waals surface area (Å²) in [6.07, 6.45) is 10.9. The molecule has 0 bridgehead atoms. The molecule has 0 heterocycles. The number of hydrogen-bond donors (Lipinski definition) is 0. The molecule has 0 rings (SSSR count). The molecule has 2 heteroatoms. The maximum atomic E-state index is 2.23. The van der Waals surface area contributed by atoms with Crippen molar-refractivity contribution in [2.75, 3.05) is 6.26 Å². The number of allylic oxidation sites excluding steroid dienone is 4. The normalized spacial score (nSPS) is 13.4. The van der Waals surface area contributed by atoms with Gasteiger partial charge in [-0.3, -0.25) is 0 Å². The van der Waals surface area contributed by atoms with Gasteiger partial charge in [-0.1, -0.05) is 54.2 Å². The summed E-state index contributed by atoms with van der Waals surface area (Å²) in [7, 11) is 0. The van der Waals surface area contributed by atoms with Crippen LogP contribution in [-0.4, -0.2) is 6.26 Å². The molecule has 0 saturated carbocycles. The van der Waals surface area contributed by atoms with E-state index in [1.807, 2.05) is 4.08 Å². The van der Waals surface area contributed by atoms with Gasteiger partial charge in [0, 0.05) is 0 Å². The van der Waals surface area contributed by atoms with Crippen LogP contribution in [0.15, 0.2) is 33.3 Å². The summed E-state index contributed by atoms with van der Waals surface area (Å²) in [6.45, 7) is 2.20. The van der Waals surface area contributed by atoms with Gasteiger partial charge in [0.1, 0.15) is 0 Å². The Morgan fingerprint density at radius 1 is 1.50 bits per heavy atom. The van der Waals surface area contributed by atoms with Crippen LogP contribution in [0.25, 0.3) is 0 Å². The summed E-state index contributed by atoms with van der Waals surface area (Å²) >= 11 is 3.97. The largest absolute Gasteiger partial charge is 0.138 e. The van der Waals surface area contributed by atoms with Crippen molar-refractivity contribution >= 4 is 34.4 Å². The standard InChI is InChI=1S/C10H15IS/c1-3-5-10(6-4-8-11)7-9-12-2/h4,6-9H,3,5H2,1-2H3/b8-4-,9-7+,10-6-. The van der Waals surface area contributed by atoms with Crippen LogP contribution in [0, 0.1) is 0 Å². The van der Waals surface area contributed by atoms with E-state index in [-0.39, 0.29) is 0 Å². The highest BCUT2D eigenvalue weighted by Crippen LogP contribution is 2.09. The number of thioether (sulfide) groups is 1. The van der Waals surface area contributed by atoms with Crippen molar-refractivity contribution in [2.24, 2.45) is 0 Å². The highest BCUT2D eigenvalue weighted by molar-refractivity contribution is 14.1. The Morgan fingerprint density at radius 2 is 2.25 bits per heavy atom. The molecule has 0 saturated heterocycles. The summed E-state index contributed by atoms with van der Waals surface area (Å²) in [5, 5.41) is 2.13. The second-order valence-electron chi connectivity index (χ2n) is 2.35. The van der Waals surface area contributed by atoms with Crippen LogP contribution in [0.1, 0.15) is 19.8 Å². The number of hydrogen-bond acceptors (Lipinski definition) is 1. The zero-order valence-electron chi connectivity index (χ0n) is 7.59. The fraction of sp³-hybridized carbons (Fsp3) is 0.400. The Labute approximate surface area is 93.3 Å². The zero-order chi connectivity index (χ0) is 9.23. The van der Waals surface area contributed by atoms with Crippen molar-refractivity contribution in [3.8, 4) is 0 Å². The average molecular weight is 294 g/mol. The van der Waals surface area contributed by atoms with Crippen LogP contribution in [0.5, 0.6) is 0 Å². The smallest absolute Gasteiger partial charge is 0.0142 e. The zero-order valence-corrected chi connectivity index (χ0v) is 10.6. The van der Waals surface area contributed by atoms with Crippen molar-refractivity contribution < 1.29 is 0 Å². The number of halogens is 1. The van der Waals surface area contributed by atoms with E-state index in [4.69, 9.17) is 0 Å². The van der Waals surface area contributed by atoms with Crippen LogP contribution in [0.4, 0.5) is 0 Å². The van der Waals surface area contributed by atoms with E-state index in [0.717, 1.165) is 6.42 Å². The Balaban J connectivity index is 4.11. The monoisotopic (exact) mass is 294 g/mol. The fourth-order valence-corrected chi connectivity index (χ4v) is 1.34. The first kappa shape index (κ1) is 12.3. The SMILES string of the molecule is CCCC(=C/C=C\I)/C=C/SC. The first-order chi connectivity index (χ1) is 5.85. The fourth-order valence-electron chi connectivity index (χ4n) is 0.826. The van der Waals surface area contributed by atoms with E-state index in [1.54, 1.807) is 11.8 Å². The molecule has 0 aromatic rings. The van der Waals surface area contributed by atoms with Crippen molar-refractivity contribution in [3.63, 3.8) is 0 Å². The predicted octanol–water partition coefficient (Wildman–Crippen LogP) is 4.54. The Kier molecular flexibility index (Phi) is 9.62. The second-order valence-corrected chi connectivity index (χ2v) is 3.81. The van der Waals surface area contributed by atoms with E-state index >= 15 is 0 Å². The number of rotatable bonds is 5. The molecule has 68 valence electrons. The third-order valence-corrected chi connectivity index (χ3v) is 2.16. The Hall–Kier alpha value is 0.300. The molecule has 0 N–H and O–H groups in total. The molecule has 0 nitrogen and oxygen atoms in total. The second kappa shape index (κ2) is 9.39. The lowest BCUT2D eigenvalue weighted by Crippen LogP contribution is -1.75. The minimum Gasteiger partial charge on any atom is -0.138 e. The molecular formula is C10H15IS. The van der Waals surface area contributed by atoms with Gasteiger partial charge < -0.3 is 0 Å². The lowest BCUT2D eigenvalue weighted by Gasteiger charge is -1.96. The van der Waals surface area contributed by atoms with E-state index in [0.29, 0.717) is 0 Å². The molecule has 0 aliphatic rings. The van der Waals surface area contributed by atoms with Gasteiger partial charge in [0.2, 0.25) is 0 Å². The third kappa shape index (κ3) is 6.98.